The van der Waals surface area contributed by atoms with Crippen molar-refractivity contribution in [2.45, 2.75) is 78.4 Å². The Morgan fingerprint density at radius 3 is 2.25 bits per heavy atom. The van der Waals surface area contributed by atoms with Crippen LogP contribution in [-0.4, -0.2) is 36.0 Å². The lowest BCUT2D eigenvalue weighted by Crippen LogP contribution is -2.51. The van der Waals surface area contributed by atoms with Gasteiger partial charge < -0.3 is 16.0 Å². The minimum atomic E-state index is -0.294. The highest BCUT2D eigenvalue weighted by molar-refractivity contribution is 5.82. The van der Waals surface area contributed by atoms with Gasteiger partial charge in [-0.05, 0) is 40.5 Å². The summed E-state index contributed by atoms with van der Waals surface area (Å²) in [4.78, 5) is 23.5. The van der Waals surface area contributed by atoms with Crippen LogP contribution in [0.3, 0.4) is 0 Å². The summed E-state index contributed by atoms with van der Waals surface area (Å²) in [5.74, 6) is -0.00692. The summed E-state index contributed by atoms with van der Waals surface area (Å²) in [6, 6.07) is -0.0919. The highest BCUT2D eigenvalue weighted by Gasteiger charge is 2.21. The van der Waals surface area contributed by atoms with Crippen LogP contribution in [0.4, 0.5) is 0 Å². The van der Waals surface area contributed by atoms with Crippen molar-refractivity contribution in [1.29, 1.82) is 0 Å². The van der Waals surface area contributed by atoms with Crippen LogP contribution in [0, 0.1) is 0 Å². The van der Waals surface area contributed by atoms with Gasteiger partial charge in [-0.15, -0.1) is 0 Å². The van der Waals surface area contributed by atoms with E-state index in [1.165, 1.54) is 0 Å². The Labute approximate surface area is 123 Å². The van der Waals surface area contributed by atoms with E-state index < -0.39 is 0 Å². The maximum Gasteiger partial charge on any atom is 0.237 e. The van der Waals surface area contributed by atoms with E-state index in [0.717, 1.165) is 12.8 Å². The zero-order chi connectivity index (χ0) is 15.8. The quantitative estimate of drug-likeness (QED) is 0.602. The zero-order valence-electron chi connectivity index (χ0n) is 13.8. The second-order valence-electron chi connectivity index (χ2n) is 6.03. The standard InChI is InChI=1S/C15H31N3O2/c1-7-11(3)17-13(19)9-10-16-12(4)14(20)18-15(5,6)8-2/h11-12,16H,7-10H2,1-6H3,(H,17,19)(H,18,20). The second kappa shape index (κ2) is 8.95. The molecule has 0 rings (SSSR count). The molecule has 0 aliphatic carbocycles. The molecule has 0 radical (unpaired) electrons. The van der Waals surface area contributed by atoms with Crippen molar-refractivity contribution >= 4 is 11.8 Å². The predicted octanol–water partition coefficient (Wildman–Crippen LogP) is 1.57. The number of hydrogen-bond donors (Lipinski definition) is 3. The first-order chi connectivity index (χ1) is 9.21. The van der Waals surface area contributed by atoms with Gasteiger partial charge in [0, 0.05) is 24.5 Å². The molecule has 5 nitrogen and oxygen atoms in total. The smallest absolute Gasteiger partial charge is 0.237 e. The first-order valence-electron chi connectivity index (χ1n) is 7.56. The SMILES string of the molecule is CCC(C)NC(=O)CCNC(C)C(=O)NC(C)(C)CC. The van der Waals surface area contributed by atoms with Crippen molar-refractivity contribution in [3.8, 4) is 0 Å². The Hall–Kier alpha value is -1.10. The topological polar surface area (TPSA) is 70.2 Å². The number of carbonyl (C=O) groups excluding carboxylic acids is 2. The van der Waals surface area contributed by atoms with Gasteiger partial charge in [-0.2, -0.15) is 0 Å². The molecule has 0 aromatic carbocycles. The number of amides is 2. The highest BCUT2D eigenvalue weighted by atomic mass is 16.2. The Morgan fingerprint density at radius 1 is 1.15 bits per heavy atom. The highest BCUT2D eigenvalue weighted by Crippen LogP contribution is 2.06. The molecule has 118 valence electrons. The lowest BCUT2D eigenvalue weighted by molar-refractivity contribution is -0.125. The summed E-state index contributed by atoms with van der Waals surface area (Å²) in [5, 5.41) is 8.96. The fraction of sp³-hybridized carbons (Fsp3) is 0.867. The summed E-state index contributed by atoms with van der Waals surface area (Å²) >= 11 is 0. The molecule has 0 fully saturated rings. The molecule has 20 heavy (non-hydrogen) atoms. The Bertz CT molecular complexity index is 316. The molecule has 0 saturated heterocycles. The molecule has 0 aliphatic rings. The molecule has 5 heteroatoms. The fourth-order valence-electron chi connectivity index (χ4n) is 1.47. The molecular weight excluding hydrogens is 254 g/mol. The van der Waals surface area contributed by atoms with Crippen LogP contribution in [0.25, 0.3) is 0 Å². The molecular formula is C15H31N3O2. The van der Waals surface area contributed by atoms with E-state index in [2.05, 4.69) is 16.0 Å². The number of nitrogens with one attached hydrogen (secondary N) is 3. The number of hydrogen-bond acceptors (Lipinski definition) is 3. The maximum atomic E-state index is 11.9. The van der Waals surface area contributed by atoms with Gasteiger partial charge in [0.2, 0.25) is 11.8 Å². The van der Waals surface area contributed by atoms with Crippen LogP contribution in [0.15, 0.2) is 0 Å². The van der Waals surface area contributed by atoms with Crippen LogP contribution >= 0.6 is 0 Å². The molecule has 0 heterocycles. The van der Waals surface area contributed by atoms with Gasteiger partial charge >= 0.3 is 0 Å². The van der Waals surface area contributed by atoms with Crippen molar-refractivity contribution in [3.63, 3.8) is 0 Å². The number of carbonyl (C=O) groups is 2. The Balaban J connectivity index is 3.96. The van der Waals surface area contributed by atoms with Crippen LogP contribution in [-0.2, 0) is 9.59 Å². The van der Waals surface area contributed by atoms with Crippen LogP contribution in [0.1, 0.15) is 60.8 Å². The third-order valence-corrected chi connectivity index (χ3v) is 3.56. The normalized spacial score (nSPS) is 14.5. The monoisotopic (exact) mass is 285 g/mol. The summed E-state index contributed by atoms with van der Waals surface area (Å²) in [6.07, 6.45) is 2.19. The van der Waals surface area contributed by atoms with Crippen molar-refractivity contribution in [3.05, 3.63) is 0 Å². The summed E-state index contributed by atoms with van der Waals surface area (Å²) < 4.78 is 0. The van der Waals surface area contributed by atoms with Crippen molar-refractivity contribution in [2.75, 3.05) is 6.54 Å². The molecule has 0 bridgehead atoms. The van der Waals surface area contributed by atoms with Crippen molar-refractivity contribution < 1.29 is 9.59 Å². The molecule has 2 unspecified atom stereocenters. The molecule has 3 N–H and O–H groups in total. The molecule has 0 aromatic rings. The van der Waals surface area contributed by atoms with Gasteiger partial charge in [-0.1, -0.05) is 13.8 Å². The van der Waals surface area contributed by atoms with E-state index in [-0.39, 0.29) is 29.4 Å². The van der Waals surface area contributed by atoms with E-state index in [9.17, 15) is 9.59 Å². The minimum absolute atomic E-state index is 0.0216. The molecule has 0 spiro atoms. The van der Waals surface area contributed by atoms with Crippen LogP contribution in [0.5, 0.6) is 0 Å². The van der Waals surface area contributed by atoms with Gasteiger partial charge in [0.05, 0.1) is 6.04 Å². The van der Waals surface area contributed by atoms with E-state index in [4.69, 9.17) is 0 Å². The van der Waals surface area contributed by atoms with Crippen LogP contribution < -0.4 is 16.0 Å². The van der Waals surface area contributed by atoms with E-state index in [0.29, 0.717) is 13.0 Å². The molecule has 2 amide bonds. The summed E-state index contributed by atoms with van der Waals surface area (Å²) in [6.45, 7) is 12.4. The number of rotatable bonds is 9. The maximum absolute atomic E-state index is 11.9. The fourth-order valence-corrected chi connectivity index (χ4v) is 1.47. The summed E-state index contributed by atoms with van der Waals surface area (Å²) in [5.41, 5.74) is -0.193. The van der Waals surface area contributed by atoms with Gasteiger partial charge in [0.15, 0.2) is 0 Å². The van der Waals surface area contributed by atoms with Gasteiger partial charge in [-0.3, -0.25) is 9.59 Å². The molecule has 0 saturated carbocycles. The second-order valence-corrected chi connectivity index (χ2v) is 6.03. The van der Waals surface area contributed by atoms with Crippen molar-refractivity contribution in [2.24, 2.45) is 0 Å². The predicted molar refractivity (Wildman–Crippen MR) is 82.5 cm³/mol. The average Bonchev–Trinajstić information content (AvgIpc) is 2.37. The largest absolute Gasteiger partial charge is 0.354 e. The van der Waals surface area contributed by atoms with Crippen LogP contribution in [0.2, 0.25) is 0 Å². The third kappa shape index (κ3) is 8.15. The average molecular weight is 285 g/mol. The van der Waals surface area contributed by atoms with E-state index in [1.807, 2.05) is 41.5 Å². The third-order valence-electron chi connectivity index (χ3n) is 3.56. The molecule has 2 atom stereocenters. The molecule has 0 aliphatic heterocycles. The van der Waals surface area contributed by atoms with E-state index in [1.54, 1.807) is 0 Å². The van der Waals surface area contributed by atoms with Gasteiger partial charge in [0.1, 0.15) is 0 Å². The van der Waals surface area contributed by atoms with Gasteiger partial charge in [0.25, 0.3) is 0 Å². The summed E-state index contributed by atoms with van der Waals surface area (Å²) in [7, 11) is 0. The minimum Gasteiger partial charge on any atom is -0.354 e. The Morgan fingerprint density at radius 2 is 1.75 bits per heavy atom. The first-order valence-corrected chi connectivity index (χ1v) is 7.56. The first kappa shape index (κ1) is 18.9. The lowest BCUT2D eigenvalue weighted by Gasteiger charge is -2.26. The van der Waals surface area contributed by atoms with Gasteiger partial charge in [-0.25, -0.2) is 0 Å². The lowest BCUT2D eigenvalue weighted by atomic mass is 10.0. The van der Waals surface area contributed by atoms with E-state index >= 15 is 0 Å². The Kier molecular flexibility index (Phi) is 8.46. The molecule has 0 aromatic heterocycles. The van der Waals surface area contributed by atoms with Crippen molar-refractivity contribution in [1.82, 2.24) is 16.0 Å². The zero-order valence-corrected chi connectivity index (χ0v) is 13.8.